The van der Waals surface area contributed by atoms with Crippen LogP contribution in [-0.4, -0.2) is 45.2 Å². The largest absolute Gasteiger partial charge is 0.479 e. The smallest absolute Gasteiger partial charge is 0.330 e. The normalized spacial score (nSPS) is 19.2. The number of rotatable bonds is 5. The summed E-state index contributed by atoms with van der Waals surface area (Å²) in [6.07, 6.45) is 5.70. The van der Waals surface area contributed by atoms with Gasteiger partial charge in [0.25, 0.3) is 0 Å². The lowest BCUT2D eigenvalue weighted by molar-refractivity contribution is -0.148. The lowest BCUT2D eigenvalue weighted by atomic mass is 10.1. The average Bonchev–Trinajstić information content (AvgIpc) is 2.90. The van der Waals surface area contributed by atoms with Gasteiger partial charge in [-0.15, -0.1) is 0 Å². The fourth-order valence-corrected chi connectivity index (χ4v) is 2.50. The molecule has 6 heteroatoms. The first-order valence-corrected chi connectivity index (χ1v) is 7.38. The molecule has 2 atom stereocenters. The number of aromatic nitrogens is 1. The van der Waals surface area contributed by atoms with Gasteiger partial charge in [-0.1, -0.05) is 6.92 Å². The van der Waals surface area contributed by atoms with Crippen LogP contribution in [0.25, 0.3) is 0 Å². The van der Waals surface area contributed by atoms with Gasteiger partial charge in [0.15, 0.2) is 0 Å². The van der Waals surface area contributed by atoms with E-state index in [0.717, 1.165) is 11.1 Å². The van der Waals surface area contributed by atoms with Gasteiger partial charge in [0, 0.05) is 30.6 Å². The summed E-state index contributed by atoms with van der Waals surface area (Å²) in [5, 5.41) is 9.30. The summed E-state index contributed by atoms with van der Waals surface area (Å²) in [6.45, 7) is 2.12. The van der Waals surface area contributed by atoms with Crippen molar-refractivity contribution in [2.75, 3.05) is 12.3 Å². The van der Waals surface area contributed by atoms with Crippen molar-refractivity contribution < 1.29 is 14.7 Å². The molecular weight excluding hydrogens is 288 g/mol. The Morgan fingerprint density at radius 3 is 2.71 bits per heavy atom. The lowest BCUT2D eigenvalue weighted by Crippen LogP contribution is -2.44. The SMILES string of the molecule is C[C@H](CS)C(=O)N1CC(Cc2ccncc2)=CC1C(=O)O. The number of carboxylic acid groups (broad SMARTS) is 1. The van der Waals surface area contributed by atoms with E-state index in [0.29, 0.717) is 18.7 Å². The summed E-state index contributed by atoms with van der Waals surface area (Å²) >= 11 is 4.11. The molecule has 2 rings (SSSR count). The van der Waals surface area contributed by atoms with Gasteiger partial charge in [-0.25, -0.2) is 4.79 Å². The van der Waals surface area contributed by atoms with E-state index in [1.807, 2.05) is 12.1 Å². The van der Waals surface area contributed by atoms with Crippen LogP contribution in [0.4, 0.5) is 0 Å². The maximum atomic E-state index is 12.3. The van der Waals surface area contributed by atoms with Gasteiger partial charge < -0.3 is 10.0 Å². The van der Waals surface area contributed by atoms with Crippen LogP contribution >= 0.6 is 12.6 Å². The molecule has 21 heavy (non-hydrogen) atoms. The van der Waals surface area contributed by atoms with E-state index >= 15 is 0 Å². The second kappa shape index (κ2) is 6.76. The molecule has 0 aromatic carbocycles. The summed E-state index contributed by atoms with van der Waals surface area (Å²) in [7, 11) is 0. The molecule has 0 saturated heterocycles. The number of thiol groups is 1. The van der Waals surface area contributed by atoms with Crippen LogP contribution in [0, 0.1) is 5.92 Å². The van der Waals surface area contributed by atoms with Crippen molar-refractivity contribution >= 4 is 24.5 Å². The Morgan fingerprint density at radius 2 is 2.14 bits per heavy atom. The maximum Gasteiger partial charge on any atom is 0.330 e. The molecular formula is C15H18N2O3S. The van der Waals surface area contributed by atoms with Crippen molar-refractivity contribution in [2.24, 2.45) is 5.92 Å². The number of pyridine rings is 1. The molecule has 0 saturated carbocycles. The lowest BCUT2D eigenvalue weighted by Gasteiger charge is -2.24. The maximum absolute atomic E-state index is 12.3. The zero-order valence-corrected chi connectivity index (χ0v) is 12.7. The molecule has 1 N–H and O–H groups in total. The monoisotopic (exact) mass is 306 g/mol. The Kier molecular flexibility index (Phi) is 5.01. The van der Waals surface area contributed by atoms with Gasteiger partial charge in [-0.3, -0.25) is 9.78 Å². The number of hydrogen-bond acceptors (Lipinski definition) is 4. The average molecular weight is 306 g/mol. The molecule has 1 unspecified atom stereocenters. The number of aliphatic carboxylic acids is 1. The Labute approximate surface area is 129 Å². The van der Waals surface area contributed by atoms with Crippen LogP contribution in [0.3, 0.4) is 0 Å². The van der Waals surface area contributed by atoms with Gasteiger partial charge in [-0.2, -0.15) is 12.6 Å². The number of carbonyl (C=O) groups is 2. The van der Waals surface area contributed by atoms with Crippen molar-refractivity contribution in [3.05, 3.63) is 41.7 Å². The van der Waals surface area contributed by atoms with Crippen molar-refractivity contribution in [3.63, 3.8) is 0 Å². The van der Waals surface area contributed by atoms with Crippen LogP contribution < -0.4 is 0 Å². The Balaban J connectivity index is 2.14. The number of amides is 1. The van der Waals surface area contributed by atoms with Crippen molar-refractivity contribution in [2.45, 2.75) is 19.4 Å². The minimum absolute atomic E-state index is 0.168. The minimum Gasteiger partial charge on any atom is -0.479 e. The fraction of sp³-hybridized carbons (Fsp3) is 0.400. The third-order valence-electron chi connectivity index (χ3n) is 3.51. The summed E-state index contributed by atoms with van der Waals surface area (Å²) in [5.41, 5.74) is 1.99. The number of hydrogen-bond donors (Lipinski definition) is 2. The van der Waals surface area contributed by atoms with E-state index in [-0.39, 0.29) is 11.8 Å². The van der Waals surface area contributed by atoms with E-state index in [4.69, 9.17) is 0 Å². The zero-order valence-electron chi connectivity index (χ0n) is 11.8. The standard InChI is InChI=1S/C15H18N2O3S/c1-10(9-21)14(18)17-8-12(7-13(17)15(19)20)6-11-2-4-16-5-3-11/h2-5,7,10,13,21H,6,8-9H2,1H3,(H,19,20)/t10-,13?/m1/s1. The third kappa shape index (κ3) is 3.64. The van der Waals surface area contributed by atoms with Crippen LogP contribution in [0.15, 0.2) is 36.2 Å². The second-order valence-corrected chi connectivity index (χ2v) is 5.56. The van der Waals surface area contributed by atoms with E-state index in [1.54, 1.807) is 25.4 Å². The molecule has 1 aromatic heterocycles. The van der Waals surface area contributed by atoms with Gasteiger partial charge in [0.05, 0.1) is 0 Å². The Bertz CT molecular complexity index is 559. The fourth-order valence-electron chi connectivity index (χ4n) is 2.34. The molecule has 1 aliphatic heterocycles. The number of carbonyl (C=O) groups excluding carboxylic acids is 1. The zero-order chi connectivity index (χ0) is 15.4. The predicted molar refractivity (Wildman–Crippen MR) is 82.2 cm³/mol. The summed E-state index contributed by atoms with van der Waals surface area (Å²) in [4.78, 5) is 29.0. The van der Waals surface area contributed by atoms with Crippen LogP contribution in [0.2, 0.25) is 0 Å². The Morgan fingerprint density at radius 1 is 1.48 bits per heavy atom. The molecule has 0 fully saturated rings. The summed E-state index contributed by atoms with van der Waals surface area (Å²) in [5.74, 6) is -1.05. The molecule has 1 aliphatic rings. The van der Waals surface area contributed by atoms with E-state index in [9.17, 15) is 14.7 Å². The van der Waals surface area contributed by atoms with E-state index in [1.165, 1.54) is 4.90 Å². The molecule has 0 bridgehead atoms. The first-order valence-electron chi connectivity index (χ1n) is 6.75. The van der Waals surface area contributed by atoms with Gasteiger partial charge in [0.1, 0.15) is 6.04 Å². The van der Waals surface area contributed by atoms with Gasteiger partial charge >= 0.3 is 5.97 Å². The van der Waals surface area contributed by atoms with Crippen molar-refractivity contribution in [1.82, 2.24) is 9.88 Å². The summed E-state index contributed by atoms with van der Waals surface area (Å²) < 4.78 is 0. The van der Waals surface area contributed by atoms with Crippen molar-refractivity contribution in [1.29, 1.82) is 0 Å². The molecule has 5 nitrogen and oxygen atoms in total. The molecule has 2 heterocycles. The van der Waals surface area contributed by atoms with Gasteiger partial charge in [0.2, 0.25) is 5.91 Å². The predicted octanol–water partition coefficient (Wildman–Crippen LogP) is 1.41. The highest BCUT2D eigenvalue weighted by atomic mass is 32.1. The molecule has 112 valence electrons. The molecule has 0 spiro atoms. The van der Waals surface area contributed by atoms with Crippen LogP contribution in [0.5, 0.6) is 0 Å². The topological polar surface area (TPSA) is 70.5 Å². The van der Waals surface area contributed by atoms with Crippen molar-refractivity contribution in [3.8, 4) is 0 Å². The quantitative estimate of drug-likeness (QED) is 0.637. The second-order valence-electron chi connectivity index (χ2n) is 5.19. The highest BCUT2D eigenvalue weighted by Gasteiger charge is 2.35. The first-order chi connectivity index (χ1) is 10.0. The number of carboxylic acids is 1. The molecule has 0 radical (unpaired) electrons. The third-order valence-corrected chi connectivity index (χ3v) is 4.06. The molecule has 0 aliphatic carbocycles. The highest BCUT2D eigenvalue weighted by molar-refractivity contribution is 7.80. The minimum atomic E-state index is -1.00. The van der Waals surface area contributed by atoms with Gasteiger partial charge in [-0.05, 0) is 35.8 Å². The Hall–Kier alpha value is -1.82. The van der Waals surface area contributed by atoms with Crippen LogP contribution in [-0.2, 0) is 16.0 Å². The van der Waals surface area contributed by atoms with E-state index in [2.05, 4.69) is 17.6 Å². The van der Waals surface area contributed by atoms with E-state index < -0.39 is 12.0 Å². The molecule has 1 amide bonds. The number of nitrogens with zero attached hydrogens (tertiary/aromatic N) is 2. The first kappa shape index (κ1) is 15.6. The summed E-state index contributed by atoms with van der Waals surface area (Å²) in [6, 6.07) is 2.89. The molecule has 1 aromatic rings. The van der Waals surface area contributed by atoms with Crippen LogP contribution in [0.1, 0.15) is 12.5 Å². The highest BCUT2D eigenvalue weighted by Crippen LogP contribution is 2.22.